The average Bonchev–Trinajstić information content (AvgIpc) is 2.59. The second kappa shape index (κ2) is 7.81. The van der Waals surface area contributed by atoms with Crippen molar-refractivity contribution in [3.8, 4) is 11.5 Å². The molecule has 1 fully saturated rings. The van der Waals surface area contributed by atoms with Crippen LogP contribution in [0.5, 0.6) is 11.5 Å². The number of carbonyl (C=O) groups is 3. The molecule has 1 aromatic carbocycles. The first-order chi connectivity index (χ1) is 11.4. The van der Waals surface area contributed by atoms with Crippen LogP contribution in [0.3, 0.4) is 0 Å². The lowest BCUT2D eigenvalue weighted by molar-refractivity contribution is -0.139. The summed E-state index contributed by atoms with van der Waals surface area (Å²) in [6.45, 7) is 4.83. The third kappa shape index (κ3) is 4.24. The minimum absolute atomic E-state index is 0.0147. The molecule has 24 heavy (non-hydrogen) atoms. The number of ketones is 1. The van der Waals surface area contributed by atoms with E-state index in [0.29, 0.717) is 43.2 Å². The van der Waals surface area contributed by atoms with Crippen LogP contribution in [0.1, 0.15) is 24.2 Å². The van der Waals surface area contributed by atoms with Crippen LogP contribution in [0.25, 0.3) is 0 Å². The van der Waals surface area contributed by atoms with E-state index in [0.717, 1.165) is 0 Å². The van der Waals surface area contributed by atoms with Crippen molar-refractivity contribution in [3.63, 3.8) is 0 Å². The normalized spacial score (nSPS) is 14.3. The number of methoxy groups -OCH3 is 1. The Morgan fingerprint density at radius 1 is 1.04 bits per heavy atom. The molecule has 1 aliphatic rings. The molecule has 1 aliphatic heterocycles. The summed E-state index contributed by atoms with van der Waals surface area (Å²) in [5, 5.41) is 0. The largest absolute Gasteiger partial charge is 0.497 e. The summed E-state index contributed by atoms with van der Waals surface area (Å²) in [5.41, 5.74) is 0.407. The van der Waals surface area contributed by atoms with Gasteiger partial charge in [0.15, 0.2) is 12.4 Å². The number of ether oxygens (including phenoxy) is 2. The highest BCUT2D eigenvalue weighted by Crippen LogP contribution is 2.25. The van der Waals surface area contributed by atoms with Gasteiger partial charge in [0.1, 0.15) is 11.5 Å². The lowest BCUT2D eigenvalue weighted by Crippen LogP contribution is -2.51. The third-order valence-corrected chi connectivity index (χ3v) is 4.00. The number of piperazine rings is 1. The van der Waals surface area contributed by atoms with Crippen LogP contribution in [-0.4, -0.2) is 67.3 Å². The van der Waals surface area contributed by atoms with Crippen LogP contribution in [0.15, 0.2) is 18.2 Å². The lowest BCUT2D eigenvalue weighted by Gasteiger charge is -2.34. The zero-order valence-corrected chi connectivity index (χ0v) is 14.2. The molecule has 0 aliphatic carbocycles. The Morgan fingerprint density at radius 3 is 2.21 bits per heavy atom. The molecule has 0 radical (unpaired) electrons. The predicted octanol–water partition coefficient (Wildman–Crippen LogP) is 0.967. The van der Waals surface area contributed by atoms with E-state index in [-0.39, 0.29) is 24.2 Å². The Morgan fingerprint density at radius 2 is 1.67 bits per heavy atom. The van der Waals surface area contributed by atoms with E-state index in [9.17, 15) is 14.4 Å². The average molecular weight is 334 g/mol. The van der Waals surface area contributed by atoms with Crippen LogP contribution >= 0.6 is 0 Å². The van der Waals surface area contributed by atoms with Crippen LogP contribution in [0, 0.1) is 0 Å². The van der Waals surface area contributed by atoms with Gasteiger partial charge in [0.25, 0.3) is 5.91 Å². The number of Topliss-reactive ketones (excluding diaryl/α,β-unsaturated/α-hetero) is 1. The first-order valence-electron chi connectivity index (χ1n) is 7.77. The van der Waals surface area contributed by atoms with E-state index in [1.54, 1.807) is 28.0 Å². The monoisotopic (exact) mass is 334 g/mol. The molecule has 130 valence electrons. The smallest absolute Gasteiger partial charge is 0.260 e. The highest BCUT2D eigenvalue weighted by Gasteiger charge is 2.23. The Hall–Kier alpha value is -2.57. The molecule has 0 N–H and O–H groups in total. The highest BCUT2D eigenvalue weighted by atomic mass is 16.5. The zero-order valence-electron chi connectivity index (χ0n) is 14.2. The molecule has 0 saturated carbocycles. The maximum atomic E-state index is 12.3. The molecule has 1 heterocycles. The number of hydrogen-bond acceptors (Lipinski definition) is 5. The van der Waals surface area contributed by atoms with E-state index in [1.807, 2.05) is 0 Å². The van der Waals surface area contributed by atoms with Crippen LogP contribution in [-0.2, 0) is 9.59 Å². The first-order valence-corrected chi connectivity index (χ1v) is 7.77. The van der Waals surface area contributed by atoms with Gasteiger partial charge in [-0.15, -0.1) is 0 Å². The van der Waals surface area contributed by atoms with E-state index in [1.165, 1.54) is 21.0 Å². The minimum atomic E-state index is -0.171. The molecule has 0 bridgehead atoms. The fourth-order valence-electron chi connectivity index (χ4n) is 2.54. The number of amides is 2. The van der Waals surface area contributed by atoms with E-state index in [4.69, 9.17) is 9.47 Å². The van der Waals surface area contributed by atoms with Gasteiger partial charge in [-0.25, -0.2) is 0 Å². The number of carbonyl (C=O) groups excluding carboxylic acids is 3. The van der Waals surface area contributed by atoms with Crippen molar-refractivity contribution < 1.29 is 23.9 Å². The fraction of sp³-hybridized carbons (Fsp3) is 0.471. The van der Waals surface area contributed by atoms with E-state index >= 15 is 0 Å². The molecule has 1 saturated heterocycles. The zero-order chi connectivity index (χ0) is 17.7. The van der Waals surface area contributed by atoms with Crippen molar-refractivity contribution in [2.24, 2.45) is 0 Å². The second-order valence-electron chi connectivity index (χ2n) is 5.59. The predicted molar refractivity (Wildman–Crippen MR) is 87.3 cm³/mol. The van der Waals surface area contributed by atoms with Crippen LogP contribution in [0.2, 0.25) is 0 Å². The van der Waals surface area contributed by atoms with Gasteiger partial charge in [0.05, 0.1) is 12.7 Å². The van der Waals surface area contributed by atoms with E-state index in [2.05, 4.69) is 0 Å². The van der Waals surface area contributed by atoms with Gasteiger partial charge in [-0.1, -0.05) is 0 Å². The van der Waals surface area contributed by atoms with Crippen molar-refractivity contribution in [3.05, 3.63) is 23.8 Å². The van der Waals surface area contributed by atoms with Gasteiger partial charge in [-0.05, 0) is 19.1 Å². The quantitative estimate of drug-likeness (QED) is 0.750. The Kier molecular flexibility index (Phi) is 5.78. The molecule has 0 aromatic heterocycles. The van der Waals surface area contributed by atoms with Crippen molar-refractivity contribution in [2.45, 2.75) is 13.8 Å². The Bertz CT molecular complexity index is 636. The number of rotatable bonds is 5. The van der Waals surface area contributed by atoms with Gasteiger partial charge in [0, 0.05) is 39.2 Å². The second-order valence-corrected chi connectivity index (χ2v) is 5.59. The van der Waals surface area contributed by atoms with Gasteiger partial charge in [-0.2, -0.15) is 0 Å². The lowest BCUT2D eigenvalue weighted by atomic mass is 10.1. The van der Waals surface area contributed by atoms with Gasteiger partial charge in [0.2, 0.25) is 5.91 Å². The summed E-state index contributed by atoms with van der Waals surface area (Å²) >= 11 is 0. The van der Waals surface area contributed by atoms with Crippen molar-refractivity contribution in [1.29, 1.82) is 0 Å². The van der Waals surface area contributed by atoms with Crippen molar-refractivity contribution in [2.75, 3.05) is 39.9 Å². The summed E-state index contributed by atoms with van der Waals surface area (Å²) in [4.78, 5) is 38.6. The Labute approximate surface area is 141 Å². The molecule has 0 unspecified atom stereocenters. The SMILES string of the molecule is COc1ccc(C(C)=O)c(OCC(=O)N2CCN(C(C)=O)CC2)c1. The fourth-order valence-corrected chi connectivity index (χ4v) is 2.54. The van der Waals surface area contributed by atoms with Crippen LogP contribution in [0.4, 0.5) is 0 Å². The number of nitrogens with zero attached hydrogens (tertiary/aromatic N) is 2. The Balaban J connectivity index is 1.97. The highest BCUT2D eigenvalue weighted by molar-refractivity contribution is 5.97. The number of benzene rings is 1. The van der Waals surface area contributed by atoms with Crippen molar-refractivity contribution >= 4 is 17.6 Å². The topological polar surface area (TPSA) is 76.2 Å². The molecule has 7 heteroatoms. The first kappa shape index (κ1) is 17.8. The van der Waals surface area contributed by atoms with Gasteiger partial charge >= 0.3 is 0 Å². The number of hydrogen-bond donors (Lipinski definition) is 0. The van der Waals surface area contributed by atoms with Gasteiger partial charge in [-0.3, -0.25) is 14.4 Å². The molecular formula is C17H22N2O5. The van der Waals surface area contributed by atoms with Crippen LogP contribution < -0.4 is 9.47 Å². The molecule has 2 amide bonds. The molecule has 0 spiro atoms. The maximum Gasteiger partial charge on any atom is 0.260 e. The maximum absolute atomic E-state index is 12.3. The summed E-state index contributed by atoms with van der Waals surface area (Å²) in [6.07, 6.45) is 0. The molecule has 7 nitrogen and oxygen atoms in total. The standard InChI is InChI=1S/C17H22N2O5/c1-12(20)15-5-4-14(23-3)10-16(15)24-11-17(22)19-8-6-18(7-9-19)13(2)21/h4-5,10H,6-9,11H2,1-3H3. The van der Waals surface area contributed by atoms with Gasteiger partial charge < -0.3 is 19.3 Å². The van der Waals surface area contributed by atoms with E-state index < -0.39 is 0 Å². The summed E-state index contributed by atoms with van der Waals surface area (Å²) in [6, 6.07) is 4.89. The molecule has 1 aromatic rings. The molecular weight excluding hydrogens is 312 g/mol. The summed E-state index contributed by atoms with van der Waals surface area (Å²) in [7, 11) is 1.52. The third-order valence-electron chi connectivity index (χ3n) is 4.00. The van der Waals surface area contributed by atoms with Crippen molar-refractivity contribution in [1.82, 2.24) is 9.80 Å². The summed E-state index contributed by atoms with van der Waals surface area (Å²) < 4.78 is 10.7. The molecule has 2 rings (SSSR count). The minimum Gasteiger partial charge on any atom is -0.497 e. The molecule has 0 atom stereocenters. The summed E-state index contributed by atoms with van der Waals surface area (Å²) in [5.74, 6) is 0.585.